The van der Waals surface area contributed by atoms with E-state index in [2.05, 4.69) is 21.2 Å². The molecule has 0 spiro atoms. The molecule has 29 heavy (non-hydrogen) atoms. The van der Waals surface area contributed by atoms with Crippen molar-refractivity contribution in [2.45, 2.75) is 26.5 Å². The predicted molar refractivity (Wildman–Crippen MR) is 117 cm³/mol. The second-order valence-corrected chi connectivity index (χ2v) is 9.50. The molecule has 1 N–H and O–H groups in total. The minimum Gasteiger partial charge on any atom is -0.493 e. The third kappa shape index (κ3) is 6.93. The monoisotopic (exact) mass is 484 g/mol. The van der Waals surface area contributed by atoms with Gasteiger partial charge in [-0.05, 0) is 49.7 Å². The van der Waals surface area contributed by atoms with Gasteiger partial charge in [0.2, 0.25) is 15.9 Å². The summed E-state index contributed by atoms with van der Waals surface area (Å²) in [5, 5.41) is 2.74. The minimum absolute atomic E-state index is 0.00875. The lowest BCUT2D eigenvalue weighted by Crippen LogP contribution is -2.40. The second kappa shape index (κ2) is 9.98. The molecule has 0 aliphatic heterocycles. The lowest BCUT2D eigenvalue weighted by Gasteiger charge is -2.22. The van der Waals surface area contributed by atoms with Crippen LogP contribution in [-0.2, 0) is 21.4 Å². The van der Waals surface area contributed by atoms with Gasteiger partial charge >= 0.3 is 0 Å². The highest BCUT2D eigenvalue weighted by molar-refractivity contribution is 9.10. The summed E-state index contributed by atoms with van der Waals surface area (Å²) in [5.41, 5.74) is 1.22. The summed E-state index contributed by atoms with van der Waals surface area (Å²) < 4.78 is 37.1. The summed E-state index contributed by atoms with van der Waals surface area (Å²) in [6.07, 6.45) is 1.08. The Balaban J connectivity index is 2.07. The van der Waals surface area contributed by atoms with Gasteiger partial charge in [-0.15, -0.1) is 0 Å². The number of carbonyl (C=O) groups is 1. The first kappa shape index (κ1) is 23.0. The minimum atomic E-state index is -3.63. The van der Waals surface area contributed by atoms with E-state index in [9.17, 15) is 13.2 Å². The number of anilines is 1. The van der Waals surface area contributed by atoms with Gasteiger partial charge in [0.05, 0.1) is 25.2 Å². The lowest BCUT2D eigenvalue weighted by molar-refractivity contribution is -0.119. The number of rotatable bonds is 9. The maximum absolute atomic E-state index is 12.4. The number of halogens is 1. The van der Waals surface area contributed by atoms with Gasteiger partial charge in [-0.3, -0.25) is 9.10 Å². The molecule has 7 nitrogen and oxygen atoms in total. The zero-order valence-electron chi connectivity index (χ0n) is 16.8. The number of methoxy groups -OCH3 is 1. The number of ether oxygens (including phenoxy) is 2. The molecule has 158 valence electrons. The fourth-order valence-corrected chi connectivity index (χ4v) is 3.83. The van der Waals surface area contributed by atoms with Crippen molar-refractivity contribution in [3.05, 3.63) is 52.5 Å². The summed E-state index contributed by atoms with van der Waals surface area (Å²) in [6.45, 7) is 3.76. The van der Waals surface area contributed by atoms with Crippen molar-refractivity contribution >= 4 is 37.5 Å². The van der Waals surface area contributed by atoms with Gasteiger partial charge in [0.1, 0.15) is 6.54 Å². The van der Waals surface area contributed by atoms with Crippen LogP contribution in [0.25, 0.3) is 0 Å². The van der Waals surface area contributed by atoms with Crippen molar-refractivity contribution < 1.29 is 22.7 Å². The highest BCUT2D eigenvalue weighted by Crippen LogP contribution is 2.29. The molecule has 0 atom stereocenters. The predicted octanol–water partition coefficient (Wildman–Crippen LogP) is 3.33. The van der Waals surface area contributed by atoms with Crippen molar-refractivity contribution in [3.8, 4) is 11.5 Å². The number of benzene rings is 2. The van der Waals surface area contributed by atoms with E-state index in [0.29, 0.717) is 17.2 Å². The molecule has 2 aromatic carbocycles. The summed E-state index contributed by atoms with van der Waals surface area (Å²) in [7, 11) is -2.08. The van der Waals surface area contributed by atoms with E-state index in [1.807, 2.05) is 19.9 Å². The maximum Gasteiger partial charge on any atom is 0.241 e. The molecular weight excluding hydrogens is 460 g/mol. The lowest BCUT2D eigenvalue weighted by atomic mass is 10.2. The second-order valence-electron chi connectivity index (χ2n) is 6.68. The third-order valence-corrected chi connectivity index (χ3v) is 5.50. The fourth-order valence-electron chi connectivity index (χ4n) is 2.59. The molecule has 0 saturated heterocycles. The third-order valence-electron chi connectivity index (χ3n) is 3.86. The van der Waals surface area contributed by atoms with Gasteiger partial charge in [-0.25, -0.2) is 8.42 Å². The Kier molecular flexibility index (Phi) is 7.92. The maximum atomic E-state index is 12.4. The zero-order chi connectivity index (χ0) is 21.6. The SMILES string of the molecule is COc1cc(CNC(=O)CN(c2cccc(Br)c2)S(C)(=O)=O)ccc1OC(C)C. The van der Waals surface area contributed by atoms with Crippen LogP contribution in [0.5, 0.6) is 11.5 Å². The molecule has 1 amide bonds. The summed E-state index contributed by atoms with van der Waals surface area (Å²) >= 11 is 3.31. The Labute approximate surface area is 180 Å². The Morgan fingerprint density at radius 3 is 2.48 bits per heavy atom. The molecule has 2 aromatic rings. The topological polar surface area (TPSA) is 84.9 Å². The molecule has 9 heteroatoms. The fraction of sp³-hybridized carbons (Fsp3) is 0.350. The normalized spacial score (nSPS) is 11.2. The van der Waals surface area contributed by atoms with Gasteiger partial charge in [0.25, 0.3) is 0 Å². The van der Waals surface area contributed by atoms with Crippen molar-refractivity contribution in [2.24, 2.45) is 0 Å². The molecule has 0 aliphatic carbocycles. The molecule has 0 bridgehead atoms. The first-order valence-corrected chi connectivity index (χ1v) is 11.6. The van der Waals surface area contributed by atoms with Crippen LogP contribution in [0.4, 0.5) is 5.69 Å². The van der Waals surface area contributed by atoms with Gasteiger partial charge < -0.3 is 14.8 Å². The smallest absolute Gasteiger partial charge is 0.241 e. The molecule has 0 radical (unpaired) electrons. The number of hydrogen-bond acceptors (Lipinski definition) is 5. The molecule has 0 aliphatic rings. The molecule has 0 saturated carbocycles. The largest absolute Gasteiger partial charge is 0.493 e. The first-order valence-electron chi connectivity index (χ1n) is 8.93. The van der Waals surface area contributed by atoms with Crippen LogP contribution in [-0.4, -0.2) is 40.3 Å². The van der Waals surface area contributed by atoms with E-state index in [1.165, 1.54) is 0 Å². The number of amides is 1. The molecule has 2 rings (SSSR count). The van der Waals surface area contributed by atoms with Gasteiger partial charge in [0.15, 0.2) is 11.5 Å². The zero-order valence-corrected chi connectivity index (χ0v) is 19.2. The Hall–Kier alpha value is -2.26. The first-order chi connectivity index (χ1) is 13.6. The molecule has 0 aromatic heterocycles. The van der Waals surface area contributed by atoms with E-state index < -0.39 is 15.9 Å². The van der Waals surface area contributed by atoms with E-state index in [0.717, 1.165) is 20.6 Å². The number of hydrogen-bond donors (Lipinski definition) is 1. The number of carbonyl (C=O) groups excluding carboxylic acids is 1. The van der Waals surface area contributed by atoms with E-state index in [1.54, 1.807) is 43.5 Å². The van der Waals surface area contributed by atoms with Gasteiger partial charge in [-0.2, -0.15) is 0 Å². The van der Waals surface area contributed by atoms with Crippen molar-refractivity contribution in [3.63, 3.8) is 0 Å². The molecular formula is C20H25BrN2O5S. The van der Waals surface area contributed by atoms with Crippen LogP contribution in [0.15, 0.2) is 46.9 Å². The number of nitrogens with zero attached hydrogens (tertiary/aromatic N) is 1. The number of nitrogens with one attached hydrogen (secondary N) is 1. The van der Waals surface area contributed by atoms with Crippen LogP contribution in [0.3, 0.4) is 0 Å². The van der Waals surface area contributed by atoms with Crippen LogP contribution in [0.1, 0.15) is 19.4 Å². The summed E-state index contributed by atoms with van der Waals surface area (Å²) in [5.74, 6) is 0.768. The quantitative estimate of drug-likeness (QED) is 0.589. The van der Waals surface area contributed by atoms with Gasteiger partial charge in [-0.1, -0.05) is 28.1 Å². The van der Waals surface area contributed by atoms with Crippen molar-refractivity contribution in [1.82, 2.24) is 5.32 Å². The Bertz CT molecular complexity index is 963. The van der Waals surface area contributed by atoms with E-state index >= 15 is 0 Å². The average molecular weight is 485 g/mol. The van der Waals surface area contributed by atoms with Gasteiger partial charge in [0, 0.05) is 11.0 Å². The van der Waals surface area contributed by atoms with Crippen LogP contribution >= 0.6 is 15.9 Å². The van der Waals surface area contributed by atoms with Crippen LogP contribution in [0, 0.1) is 0 Å². The summed E-state index contributed by atoms with van der Waals surface area (Å²) in [6, 6.07) is 12.2. The van der Waals surface area contributed by atoms with Crippen molar-refractivity contribution in [2.75, 3.05) is 24.2 Å². The molecule has 0 heterocycles. The molecule has 0 unspecified atom stereocenters. The standard InChI is InChI=1S/C20H25BrN2O5S/c1-14(2)28-18-9-8-15(10-19(18)27-3)12-22-20(24)13-23(29(4,25)26)17-7-5-6-16(21)11-17/h5-11,14H,12-13H2,1-4H3,(H,22,24). The Morgan fingerprint density at radius 1 is 1.17 bits per heavy atom. The van der Waals surface area contributed by atoms with Crippen molar-refractivity contribution in [1.29, 1.82) is 0 Å². The highest BCUT2D eigenvalue weighted by Gasteiger charge is 2.21. The average Bonchev–Trinajstić information content (AvgIpc) is 2.63. The Morgan fingerprint density at radius 2 is 1.90 bits per heavy atom. The van der Waals surface area contributed by atoms with E-state index in [-0.39, 0.29) is 19.2 Å². The van der Waals surface area contributed by atoms with Crippen LogP contribution < -0.4 is 19.1 Å². The number of sulfonamides is 1. The van der Waals surface area contributed by atoms with E-state index in [4.69, 9.17) is 9.47 Å². The molecule has 0 fully saturated rings. The highest BCUT2D eigenvalue weighted by atomic mass is 79.9. The van der Waals surface area contributed by atoms with Crippen LogP contribution in [0.2, 0.25) is 0 Å². The summed E-state index contributed by atoms with van der Waals surface area (Å²) in [4.78, 5) is 12.4.